The Morgan fingerprint density at radius 3 is 2.77 bits per heavy atom. The van der Waals surface area contributed by atoms with E-state index in [1.807, 2.05) is 24.3 Å². The van der Waals surface area contributed by atoms with E-state index < -0.39 is 0 Å². The highest BCUT2D eigenvalue weighted by Crippen LogP contribution is 2.24. The van der Waals surface area contributed by atoms with Crippen LogP contribution >= 0.6 is 12.2 Å². The van der Waals surface area contributed by atoms with Gasteiger partial charge in [-0.25, -0.2) is 5.10 Å². The molecule has 0 aliphatic carbocycles. The zero-order valence-electron chi connectivity index (χ0n) is 14.6. The Bertz CT molecular complexity index is 959. The number of rotatable bonds is 6. The Morgan fingerprint density at radius 1 is 1.31 bits per heavy atom. The molecule has 0 amide bonds. The third-order valence-electron chi connectivity index (χ3n) is 4.03. The average molecular weight is 368 g/mol. The van der Waals surface area contributed by atoms with Crippen molar-refractivity contribution in [3.63, 3.8) is 0 Å². The highest BCUT2D eigenvalue weighted by Gasteiger charge is 2.09. The van der Waals surface area contributed by atoms with Crippen LogP contribution in [0.2, 0.25) is 0 Å². The van der Waals surface area contributed by atoms with Crippen molar-refractivity contribution in [3.05, 3.63) is 53.1 Å². The molecule has 2 aromatic heterocycles. The van der Waals surface area contributed by atoms with Crippen LogP contribution in [0.1, 0.15) is 19.4 Å². The molecule has 0 saturated heterocycles. The molecule has 0 unspecified atom stereocenters. The minimum atomic E-state index is 0.163. The molecule has 0 aliphatic heterocycles. The van der Waals surface area contributed by atoms with Crippen LogP contribution < -0.4 is 4.90 Å². The van der Waals surface area contributed by atoms with Crippen molar-refractivity contribution in [1.29, 1.82) is 0 Å². The van der Waals surface area contributed by atoms with Crippen molar-refractivity contribution in [2.45, 2.75) is 13.8 Å². The number of hydrogen-bond donors (Lipinski definition) is 2. The minimum Gasteiger partial charge on any atom is -0.507 e. The van der Waals surface area contributed by atoms with Crippen molar-refractivity contribution in [2.75, 3.05) is 18.0 Å². The summed E-state index contributed by atoms with van der Waals surface area (Å²) >= 11 is 5.25. The highest BCUT2D eigenvalue weighted by atomic mass is 32.1. The van der Waals surface area contributed by atoms with Crippen molar-refractivity contribution in [1.82, 2.24) is 19.9 Å². The number of H-pyrrole nitrogens is 1. The van der Waals surface area contributed by atoms with Crippen LogP contribution in [-0.4, -0.2) is 44.3 Å². The summed E-state index contributed by atoms with van der Waals surface area (Å²) in [6, 6.07) is 9.23. The number of nitrogens with zero attached hydrogens (tertiary/aromatic N) is 5. The highest BCUT2D eigenvalue weighted by molar-refractivity contribution is 7.71. The maximum Gasteiger partial charge on any atom is 0.216 e. The molecule has 0 atom stereocenters. The molecule has 1 aromatic carbocycles. The Labute approximate surface area is 156 Å². The number of hydrogen-bond acceptors (Lipinski definition) is 6. The van der Waals surface area contributed by atoms with Gasteiger partial charge >= 0.3 is 0 Å². The fourth-order valence-electron chi connectivity index (χ4n) is 2.63. The number of benzene rings is 1. The molecule has 26 heavy (non-hydrogen) atoms. The van der Waals surface area contributed by atoms with E-state index in [2.05, 4.69) is 39.0 Å². The molecular weight excluding hydrogens is 348 g/mol. The van der Waals surface area contributed by atoms with Gasteiger partial charge in [0.05, 0.1) is 6.21 Å². The van der Waals surface area contributed by atoms with Crippen molar-refractivity contribution < 1.29 is 5.11 Å². The van der Waals surface area contributed by atoms with Gasteiger partial charge in [-0.2, -0.15) is 14.9 Å². The fourth-order valence-corrected chi connectivity index (χ4v) is 2.81. The number of aromatic nitrogens is 4. The number of anilines is 1. The number of aromatic hydroxyl groups is 1. The maximum atomic E-state index is 10.3. The van der Waals surface area contributed by atoms with Gasteiger partial charge in [0, 0.05) is 48.4 Å². The molecule has 0 aliphatic rings. The molecule has 3 aromatic rings. The summed E-state index contributed by atoms with van der Waals surface area (Å²) in [7, 11) is 0. The second-order valence-corrected chi connectivity index (χ2v) is 5.95. The number of phenols is 1. The summed E-state index contributed by atoms with van der Waals surface area (Å²) in [6.07, 6.45) is 4.94. The standard InChI is InChI=1S/C18H20N6OS/c1-3-23(4-2)15-8-7-13(16(25)10-15)12-20-24-17(21-22-18(24)26)14-6-5-9-19-11-14/h5-12,25H,3-4H2,1-2H3,(H,22,26)/b20-12+. The van der Waals surface area contributed by atoms with Crippen molar-refractivity contribution in [2.24, 2.45) is 5.10 Å². The third kappa shape index (κ3) is 3.65. The Kier molecular flexibility index (Phi) is 5.43. The first-order chi connectivity index (χ1) is 12.6. The molecular formula is C18H20N6OS. The van der Waals surface area contributed by atoms with Gasteiger partial charge in [-0.1, -0.05) is 0 Å². The number of phenolic OH excluding ortho intramolecular Hbond substituents is 1. The second-order valence-electron chi connectivity index (χ2n) is 5.57. The van der Waals surface area contributed by atoms with E-state index >= 15 is 0 Å². The second kappa shape index (κ2) is 7.92. The molecule has 134 valence electrons. The number of pyridine rings is 1. The van der Waals surface area contributed by atoms with E-state index in [9.17, 15) is 5.11 Å². The fraction of sp³-hybridized carbons (Fsp3) is 0.222. The Balaban J connectivity index is 1.92. The first kappa shape index (κ1) is 17.8. The van der Waals surface area contributed by atoms with Crippen LogP contribution in [0.5, 0.6) is 5.75 Å². The van der Waals surface area contributed by atoms with Gasteiger partial charge in [0.1, 0.15) is 5.75 Å². The average Bonchev–Trinajstić information content (AvgIpc) is 3.03. The SMILES string of the molecule is CCN(CC)c1ccc(/C=N/n2c(-c3cccnc3)n[nH]c2=S)c(O)c1. The smallest absolute Gasteiger partial charge is 0.216 e. The molecule has 2 N–H and O–H groups in total. The van der Waals surface area contributed by atoms with E-state index in [0.717, 1.165) is 24.3 Å². The molecule has 0 saturated carbocycles. The summed E-state index contributed by atoms with van der Waals surface area (Å²) in [5.74, 6) is 0.717. The van der Waals surface area contributed by atoms with Crippen LogP contribution in [0, 0.1) is 4.77 Å². The molecule has 8 heteroatoms. The van der Waals surface area contributed by atoms with E-state index in [-0.39, 0.29) is 5.75 Å². The van der Waals surface area contributed by atoms with E-state index in [0.29, 0.717) is 16.2 Å². The van der Waals surface area contributed by atoms with E-state index in [1.165, 1.54) is 4.68 Å². The zero-order valence-corrected chi connectivity index (χ0v) is 15.4. The topological polar surface area (TPSA) is 82.3 Å². The van der Waals surface area contributed by atoms with Gasteiger partial charge in [0.15, 0.2) is 5.82 Å². The molecule has 2 heterocycles. The normalized spacial score (nSPS) is 11.2. The maximum absolute atomic E-state index is 10.3. The Morgan fingerprint density at radius 2 is 2.12 bits per heavy atom. The van der Waals surface area contributed by atoms with Gasteiger partial charge in [0.25, 0.3) is 0 Å². The Hall–Kier alpha value is -3.00. The molecule has 0 fully saturated rings. The lowest BCUT2D eigenvalue weighted by Crippen LogP contribution is -2.21. The molecule has 3 rings (SSSR count). The molecule has 7 nitrogen and oxygen atoms in total. The quantitative estimate of drug-likeness (QED) is 0.514. The summed E-state index contributed by atoms with van der Waals surface area (Å²) in [6.45, 7) is 5.91. The van der Waals surface area contributed by atoms with Crippen LogP contribution in [0.25, 0.3) is 11.4 Å². The van der Waals surface area contributed by atoms with Crippen molar-refractivity contribution >= 4 is 24.1 Å². The van der Waals surface area contributed by atoms with Gasteiger partial charge in [0.2, 0.25) is 4.77 Å². The van der Waals surface area contributed by atoms with Crippen LogP contribution in [0.3, 0.4) is 0 Å². The predicted molar refractivity (Wildman–Crippen MR) is 105 cm³/mol. The monoisotopic (exact) mass is 368 g/mol. The molecule has 0 spiro atoms. The third-order valence-corrected chi connectivity index (χ3v) is 4.29. The molecule has 0 bridgehead atoms. The summed E-state index contributed by atoms with van der Waals surface area (Å²) in [4.78, 5) is 6.25. The van der Waals surface area contributed by atoms with Crippen LogP contribution in [0.4, 0.5) is 5.69 Å². The number of aromatic amines is 1. The van der Waals surface area contributed by atoms with E-state index in [1.54, 1.807) is 24.7 Å². The van der Waals surface area contributed by atoms with Gasteiger partial charge in [-0.05, 0) is 50.3 Å². The predicted octanol–water partition coefficient (Wildman–Crippen LogP) is 3.44. The van der Waals surface area contributed by atoms with E-state index in [4.69, 9.17) is 12.2 Å². The van der Waals surface area contributed by atoms with Gasteiger partial charge in [-0.15, -0.1) is 0 Å². The van der Waals surface area contributed by atoms with Crippen LogP contribution in [-0.2, 0) is 0 Å². The minimum absolute atomic E-state index is 0.163. The lowest BCUT2D eigenvalue weighted by atomic mass is 10.2. The first-order valence-corrected chi connectivity index (χ1v) is 8.75. The zero-order chi connectivity index (χ0) is 18.5. The van der Waals surface area contributed by atoms with Gasteiger partial charge in [-0.3, -0.25) is 4.98 Å². The lowest BCUT2D eigenvalue weighted by Gasteiger charge is -2.21. The lowest BCUT2D eigenvalue weighted by molar-refractivity contribution is 0.474. The number of nitrogens with one attached hydrogen (secondary N) is 1. The largest absolute Gasteiger partial charge is 0.507 e. The van der Waals surface area contributed by atoms with Crippen LogP contribution in [0.15, 0.2) is 47.8 Å². The first-order valence-electron chi connectivity index (χ1n) is 8.34. The summed E-state index contributed by atoms with van der Waals surface area (Å²) in [5.41, 5.74) is 2.36. The molecule has 0 radical (unpaired) electrons. The van der Waals surface area contributed by atoms with Crippen molar-refractivity contribution in [3.8, 4) is 17.1 Å². The summed E-state index contributed by atoms with van der Waals surface area (Å²) in [5, 5.41) is 21.6. The van der Waals surface area contributed by atoms with Gasteiger partial charge < -0.3 is 10.0 Å². The summed E-state index contributed by atoms with van der Waals surface area (Å²) < 4.78 is 1.86.